The minimum atomic E-state index is 1.05. The molecule has 1 saturated heterocycles. The van der Waals surface area contributed by atoms with Crippen LogP contribution >= 0.6 is 27.3 Å². The number of nitrogens with zero attached hydrogens (tertiary/aromatic N) is 4. The van der Waals surface area contributed by atoms with E-state index >= 15 is 0 Å². The van der Waals surface area contributed by atoms with Crippen LogP contribution in [0.25, 0.3) is 0 Å². The van der Waals surface area contributed by atoms with Gasteiger partial charge in [0, 0.05) is 38.1 Å². The maximum Gasteiger partial charge on any atom is 0.208 e. The molecule has 6 heteroatoms. The van der Waals surface area contributed by atoms with Crippen LogP contribution in [0.5, 0.6) is 0 Å². The molecule has 2 heterocycles. The van der Waals surface area contributed by atoms with E-state index in [9.17, 15) is 0 Å². The van der Waals surface area contributed by atoms with Crippen molar-refractivity contribution in [3.05, 3.63) is 5.01 Å². The van der Waals surface area contributed by atoms with Crippen molar-refractivity contribution in [1.29, 1.82) is 0 Å². The van der Waals surface area contributed by atoms with Crippen LogP contribution in [0.3, 0.4) is 0 Å². The second-order valence-corrected chi connectivity index (χ2v) is 5.57. The fourth-order valence-corrected chi connectivity index (χ4v) is 2.94. The van der Waals surface area contributed by atoms with Crippen LogP contribution in [0.2, 0.25) is 0 Å². The van der Waals surface area contributed by atoms with Crippen molar-refractivity contribution >= 4 is 32.4 Å². The molecule has 0 radical (unpaired) electrons. The summed E-state index contributed by atoms with van der Waals surface area (Å²) in [4.78, 5) is 4.80. The highest BCUT2D eigenvalue weighted by atomic mass is 79.9. The number of halogens is 1. The van der Waals surface area contributed by atoms with Gasteiger partial charge in [-0.3, -0.25) is 4.90 Å². The first kappa shape index (κ1) is 11.3. The van der Waals surface area contributed by atoms with Gasteiger partial charge < -0.3 is 4.90 Å². The maximum atomic E-state index is 4.18. The lowest BCUT2D eigenvalue weighted by Crippen LogP contribution is -2.46. The normalized spacial score (nSPS) is 18.4. The van der Waals surface area contributed by atoms with Crippen LogP contribution in [0.4, 0.5) is 5.13 Å². The molecule has 0 spiro atoms. The topological polar surface area (TPSA) is 32.3 Å². The number of aryl methyl sites for hydroxylation is 1. The maximum absolute atomic E-state index is 4.18. The zero-order valence-corrected chi connectivity index (χ0v) is 11.2. The van der Waals surface area contributed by atoms with E-state index in [1.165, 1.54) is 0 Å². The minimum Gasteiger partial charge on any atom is -0.344 e. The molecule has 0 N–H and O–H groups in total. The summed E-state index contributed by atoms with van der Waals surface area (Å²) in [5.74, 6) is 0. The molecule has 0 atom stereocenters. The Morgan fingerprint density at radius 3 is 2.53 bits per heavy atom. The third-order valence-electron chi connectivity index (χ3n) is 2.56. The van der Waals surface area contributed by atoms with Gasteiger partial charge in [0.15, 0.2) is 0 Å². The van der Waals surface area contributed by atoms with E-state index in [2.05, 4.69) is 35.9 Å². The summed E-state index contributed by atoms with van der Waals surface area (Å²) in [5, 5.41) is 11.4. The van der Waals surface area contributed by atoms with Gasteiger partial charge in [0.2, 0.25) is 5.13 Å². The SMILES string of the molecule is Cc1nnc(N2CCN(CCBr)CC2)s1. The lowest BCUT2D eigenvalue weighted by molar-refractivity contribution is 0.274. The molecule has 0 amide bonds. The monoisotopic (exact) mass is 290 g/mol. The second-order valence-electron chi connectivity index (χ2n) is 3.62. The minimum absolute atomic E-state index is 1.05. The fourth-order valence-electron chi connectivity index (χ4n) is 1.70. The molecule has 84 valence electrons. The summed E-state index contributed by atoms with van der Waals surface area (Å²) in [6, 6.07) is 0. The Hall–Kier alpha value is -0.200. The summed E-state index contributed by atoms with van der Waals surface area (Å²) in [5.41, 5.74) is 0. The Morgan fingerprint density at radius 2 is 2.00 bits per heavy atom. The van der Waals surface area contributed by atoms with E-state index in [4.69, 9.17) is 0 Å². The highest BCUT2D eigenvalue weighted by molar-refractivity contribution is 9.09. The van der Waals surface area contributed by atoms with Crippen molar-refractivity contribution in [3.8, 4) is 0 Å². The lowest BCUT2D eigenvalue weighted by Gasteiger charge is -2.33. The molecule has 1 fully saturated rings. The first-order valence-corrected chi connectivity index (χ1v) is 7.07. The van der Waals surface area contributed by atoms with E-state index in [1.807, 2.05) is 6.92 Å². The Balaban J connectivity index is 1.88. The van der Waals surface area contributed by atoms with Gasteiger partial charge in [-0.2, -0.15) is 0 Å². The molecule has 0 bridgehead atoms. The molecule has 15 heavy (non-hydrogen) atoms. The summed E-state index contributed by atoms with van der Waals surface area (Å²) < 4.78 is 0. The van der Waals surface area contributed by atoms with Crippen molar-refractivity contribution in [2.24, 2.45) is 0 Å². The molecule has 4 nitrogen and oxygen atoms in total. The predicted molar refractivity (Wildman–Crippen MR) is 67.1 cm³/mol. The lowest BCUT2D eigenvalue weighted by atomic mass is 10.3. The molecule has 2 rings (SSSR count). The number of alkyl halides is 1. The smallest absolute Gasteiger partial charge is 0.208 e. The van der Waals surface area contributed by atoms with Crippen LogP contribution in [-0.4, -0.2) is 53.2 Å². The Labute approximate surface area is 102 Å². The van der Waals surface area contributed by atoms with E-state index in [0.29, 0.717) is 0 Å². The molecule has 0 aliphatic carbocycles. The van der Waals surface area contributed by atoms with Gasteiger partial charge in [-0.25, -0.2) is 0 Å². The summed E-state index contributed by atoms with van der Waals surface area (Å²) in [6.07, 6.45) is 0. The third-order valence-corrected chi connectivity index (χ3v) is 3.81. The van der Waals surface area contributed by atoms with E-state index in [0.717, 1.165) is 48.2 Å². The van der Waals surface area contributed by atoms with E-state index in [-0.39, 0.29) is 0 Å². The van der Waals surface area contributed by atoms with E-state index in [1.54, 1.807) is 11.3 Å². The van der Waals surface area contributed by atoms with E-state index < -0.39 is 0 Å². The molecule has 0 aromatic carbocycles. The predicted octanol–water partition coefficient (Wildman–Crippen LogP) is 1.36. The second kappa shape index (κ2) is 5.23. The molecule has 1 aliphatic heterocycles. The highest BCUT2D eigenvalue weighted by Crippen LogP contribution is 2.20. The number of hydrogen-bond acceptors (Lipinski definition) is 5. The Kier molecular flexibility index (Phi) is 3.93. The van der Waals surface area contributed by atoms with Gasteiger partial charge in [0.05, 0.1) is 0 Å². The molecule has 0 saturated carbocycles. The van der Waals surface area contributed by atoms with Gasteiger partial charge in [0.25, 0.3) is 0 Å². The molecular formula is C9H15BrN4S. The first-order valence-electron chi connectivity index (χ1n) is 5.13. The number of piperazine rings is 1. The molecule has 1 aliphatic rings. The molecule has 1 aromatic rings. The van der Waals surface area contributed by atoms with Crippen molar-refractivity contribution in [3.63, 3.8) is 0 Å². The van der Waals surface area contributed by atoms with Gasteiger partial charge in [-0.05, 0) is 6.92 Å². The zero-order chi connectivity index (χ0) is 10.7. The van der Waals surface area contributed by atoms with Crippen LogP contribution in [0, 0.1) is 6.92 Å². The van der Waals surface area contributed by atoms with Gasteiger partial charge in [-0.1, -0.05) is 27.3 Å². The largest absolute Gasteiger partial charge is 0.344 e. The Morgan fingerprint density at radius 1 is 1.27 bits per heavy atom. The number of anilines is 1. The first-order chi connectivity index (χ1) is 7.29. The van der Waals surface area contributed by atoms with Gasteiger partial charge in [0.1, 0.15) is 5.01 Å². The number of hydrogen-bond donors (Lipinski definition) is 0. The summed E-state index contributed by atoms with van der Waals surface area (Å²) >= 11 is 5.16. The highest BCUT2D eigenvalue weighted by Gasteiger charge is 2.18. The molecule has 0 unspecified atom stereocenters. The van der Waals surface area contributed by atoms with Crippen LogP contribution in [0.1, 0.15) is 5.01 Å². The van der Waals surface area contributed by atoms with Crippen molar-refractivity contribution < 1.29 is 0 Å². The zero-order valence-electron chi connectivity index (χ0n) is 8.82. The van der Waals surface area contributed by atoms with Gasteiger partial charge in [-0.15, -0.1) is 10.2 Å². The van der Waals surface area contributed by atoms with Crippen molar-refractivity contribution in [1.82, 2.24) is 15.1 Å². The average Bonchev–Trinajstić information content (AvgIpc) is 2.67. The average molecular weight is 291 g/mol. The summed E-state index contributed by atoms with van der Waals surface area (Å²) in [6.45, 7) is 7.54. The third kappa shape index (κ3) is 2.89. The van der Waals surface area contributed by atoms with Crippen LogP contribution < -0.4 is 4.90 Å². The van der Waals surface area contributed by atoms with Gasteiger partial charge >= 0.3 is 0 Å². The quantitative estimate of drug-likeness (QED) is 0.787. The Bertz CT molecular complexity index is 309. The fraction of sp³-hybridized carbons (Fsp3) is 0.778. The standard InChI is InChI=1S/C9H15BrN4S/c1-8-11-12-9(15-8)14-6-4-13(3-2-10)5-7-14/h2-7H2,1H3. The van der Waals surface area contributed by atoms with Crippen molar-refractivity contribution in [2.45, 2.75) is 6.92 Å². The number of aromatic nitrogens is 2. The molecular weight excluding hydrogens is 276 g/mol. The van der Waals surface area contributed by atoms with Crippen molar-refractivity contribution in [2.75, 3.05) is 43.0 Å². The number of rotatable bonds is 3. The van der Waals surface area contributed by atoms with Crippen LogP contribution in [-0.2, 0) is 0 Å². The van der Waals surface area contributed by atoms with Crippen LogP contribution in [0.15, 0.2) is 0 Å². The molecule has 1 aromatic heterocycles. The summed E-state index contributed by atoms with van der Waals surface area (Å²) in [7, 11) is 0.